The van der Waals surface area contributed by atoms with Crippen molar-refractivity contribution < 1.29 is 58.1 Å². The highest BCUT2D eigenvalue weighted by Gasteiger charge is 2.30. The van der Waals surface area contributed by atoms with E-state index in [-0.39, 0.29) is 50.3 Å². The van der Waals surface area contributed by atoms with Crippen molar-refractivity contribution in [2.24, 2.45) is 0 Å². The third-order valence-corrected chi connectivity index (χ3v) is 13.9. The number of carbonyl (C=O) groups excluding carboxylic acids is 3. The van der Waals surface area contributed by atoms with Crippen LogP contribution in [0.4, 0.5) is 0 Å². The van der Waals surface area contributed by atoms with Crippen LogP contribution in [0.25, 0.3) is 50.2 Å². The van der Waals surface area contributed by atoms with E-state index in [1.807, 2.05) is 116 Å². The molecular formula is C58H56Cl3N9O12. The number of carbonyl (C=O) groups is 3. The Morgan fingerprint density at radius 2 is 0.780 bits per heavy atom. The number of aryl methyl sites for hydroxylation is 1. The highest BCUT2D eigenvalue weighted by Crippen LogP contribution is 2.40. The Balaban J connectivity index is 0.000000138. The summed E-state index contributed by atoms with van der Waals surface area (Å²) >= 11 is 18.1. The van der Waals surface area contributed by atoms with Crippen LogP contribution in [0.2, 0.25) is 15.1 Å². The summed E-state index contributed by atoms with van der Waals surface area (Å²) < 4.78 is 43.5. The molecule has 21 nitrogen and oxygen atoms in total. The monoisotopic (exact) mass is 1180 g/mol. The fraction of sp³-hybridized carbons (Fsp3) is 0.224. The lowest BCUT2D eigenvalue weighted by atomic mass is 10.1. The Labute approximate surface area is 482 Å². The van der Waals surface area contributed by atoms with Crippen LogP contribution in [0.1, 0.15) is 43.9 Å². The summed E-state index contributed by atoms with van der Waals surface area (Å²) in [5.74, 6) is 0.702. The normalized spacial score (nSPS) is 11.5. The number of phenols is 3. The molecule has 0 fully saturated rings. The van der Waals surface area contributed by atoms with Gasteiger partial charge in [-0.15, -0.1) is 42.2 Å². The summed E-state index contributed by atoms with van der Waals surface area (Å²) in [7, 11) is 0. The highest BCUT2D eigenvalue weighted by molar-refractivity contribution is 6.32. The SMILES string of the molecule is C=C(C)C(=O)OCCCOc1ccc(-n2n3c4ccc(Cl)cc4n23)c(O)c1C.C=C(C)C(=O)OCCOc1cc(O)c(-n2n3c4ccc(Cl)cc4n23)cc1C.C=C(C)C(=O)OCCOc1ccc(-n2n3c4ccc(Cl)cc4n23)c(O)c1C. The molecular weight excluding hydrogens is 1120 g/mol. The molecule has 0 saturated carbocycles. The van der Waals surface area contributed by atoms with Gasteiger partial charge in [0.15, 0.2) is 0 Å². The predicted octanol–water partition coefficient (Wildman–Crippen LogP) is 11.1. The van der Waals surface area contributed by atoms with E-state index in [2.05, 4.69) is 19.7 Å². The molecule has 0 atom stereocenters. The molecule has 0 saturated heterocycles. The van der Waals surface area contributed by atoms with E-state index in [4.69, 9.17) is 63.2 Å². The minimum Gasteiger partial charge on any atom is -0.505 e. The second kappa shape index (κ2) is 22.4. The number of hydrogen-bond acceptors (Lipinski definition) is 12. The van der Waals surface area contributed by atoms with E-state index in [1.165, 1.54) is 0 Å². The molecule has 0 bridgehead atoms. The molecule has 0 unspecified atom stereocenters. The second-order valence-corrected chi connectivity index (χ2v) is 20.7. The van der Waals surface area contributed by atoms with Crippen molar-refractivity contribution in [2.45, 2.75) is 48.0 Å². The van der Waals surface area contributed by atoms with Gasteiger partial charge in [0.05, 0.1) is 13.2 Å². The number of esters is 3. The van der Waals surface area contributed by atoms with Gasteiger partial charge in [0.2, 0.25) is 0 Å². The van der Waals surface area contributed by atoms with E-state index in [0.717, 1.165) is 38.7 Å². The summed E-state index contributed by atoms with van der Waals surface area (Å²) in [6.07, 6.45) is 0.546. The average molecular weight is 1180 g/mol. The molecule has 0 radical (unpaired) electrons. The molecule has 6 heterocycles. The number of nitrogens with zero attached hydrogens (tertiary/aromatic N) is 9. The van der Waals surface area contributed by atoms with Gasteiger partial charge in [0.1, 0.15) is 111 Å². The summed E-state index contributed by atoms with van der Waals surface area (Å²) in [6, 6.07) is 27.5. The number of fused-ring (bicyclic) bond motifs is 12. The average Bonchev–Trinajstić information content (AvgIpc) is 4.44. The van der Waals surface area contributed by atoms with Crippen LogP contribution < -0.4 is 14.2 Å². The van der Waals surface area contributed by atoms with Crippen LogP contribution in [0.15, 0.2) is 127 Å². The molecule has 0 spiro atoms. The van der Waals surface area contributed by atoms with Crippen LogP contribution in [-0.2, 0) is 28.6 Å². The fourth-order valence-electron chi connectivity index (χ4n) is 8.86. The number of rotatable bonds is 19. The third-order valence-electron chi connectivity index (χ3n) is 13.2. The maximum atomic E-state index is 11.3. The van der Waals surface area contributed by atoms with Gasteiger partial charge in [-0.25, -0.2) is 14.4 Å². The molecule has 12 aromatic rings. The Morgan fingerprint density at radius 3 is 1.18 bits per heavy atom. The molecule has 6 aromatic carbocycles. The zero-order chi connectivity index (χ0) is 58.6. The maximum Gasteiger partial charge on any atom is 0.333 e. The summed E-state index contributed by atoms with van der Waals surface area (Å²) in [5, 5.41) is 33.7. The first-order chi connectivity index (χ1) is 39.2. The Hall–Kier alpha value is -9.18. The molecule has 6 aromatic heterocycles. The lowest BCUT2D eigenvalue weighted by Crippen LogP contribution is -2.12. The third kappa shape index (κ3) is 10.7. The van der Waals surface area contributed by atoms with Gasteiger partial charge in [-0.05, 0) is 132 Å². The van der Waals surface area contributed by atoms with Crippen molar-refractivity contribution in [2.75, 3.05) is 39.6 Å². The van der Waals surface area contributed by atoms with Gasteiger partial charge >= 0.3 is 17.9 Å². The van der Waals surface area contributed by atoms with Crippen molar-refractivity contribution in [3.05, 3.63) is 159 Å². The van der Waals surface area contributed by atoms with Crippen LogP contribution in [0, 0.1) is 20.8 Å². The minimum atomic E-state index is -0.451. The minimum absolute atomic E-state index is 0.0842. The van der Waals surface area contributed by atoms with Gasteiger partial charge in [0, 0.05) is 55.4 Å². The van der Waals surface area contributed by atoms with Crippen molar-refractivity contribution in [1.29, 1.82) is 0 Å². The number of benzene rings is 6. The first-order valence-electron chi connectivity index (χ1n) is 25.6. The number of hydrogen-bond donors (Lipinski definition) is 3. The highest BCUT2D eigenvalue weighted by atomic mass is 35.5. The number of phenolic OH excluding ortho intramolecular Hbond substituents is 3. The van der Waals surface area contributed by atoms with E-state index in [9.17, 15) is 29.7 Å². The van der Waals surface area contributed by atoms with Crippen LogP contribution in [0.3, 0.4) is 0 Å². The maximum absolute atomic E-state index is 11.3. The first-order valence-corrected chi connectivity index (χ1v) is 26.8. The van der Waals surface area contributed by atoms with Crippen LogP contribution in [-0.4, -0.2) is 115 Å². The van der Waals surface area contributed by atoms with Gasteiger partial charge in [-0.2, -0.15) is 0 Å². The largest absolute Gasteiger partial charge is 0.505 e. The molecule has 0 aliphatic heterocycles. The molecule has 82 heavy (non-hydrogen) atoms. The number of aromatic nitrogens is 9. The lowest BCUT2D eigenvalue weighted by molar-refractivity contribution is -0.140. The zero-order valence-electron chi connectivity index (χ0n) is 45.4. The topological polar surface area (TPSA) is 209 Å². The Morgan fingerprint density at radius 1 is 0.427 bits per heavy atom. The van der Waals surface area contributed by atoms with E-state index in [1.54, 1.807) is 58.9 Å². The molecule has 12 rings (SSSR count). The molecule has 0 amide bonds. The first kappa shape index (κ1) is 56.1. The van der Waals surface area contributed by atoms with Crippen molar-refractivity contribution in [3.8, 4) is 51.6 Å². The van der Waals surface area contributed by atoms with Crippen LogP contribution in [0.5, 0.6) is 34.5 Å². The van der Waals surface area contributed by atoms with E-state index >= 15 is 0 Å². The van der Waals surface area contributed by atoms with E-state index in [0.29, 0.717) is 90.3 Å². The Bertz CT molecular complexity index is 4270. The van der Waals surface area contributed by atoms with Crippen molar-refractivity contribution in [3.63, 3.8) is 0 Å². The second-order valence-electron chi connectivity index (χ2n) is 19.4. The smallest absolute Gasteiger partial charge is 0.333 e. The van der Waals surface area contributed by atoms with Crippen LogP contribution >= 0.6 is 34.8 Å². The lowest BCUT2D eigenvalue weighted by Gasteiger charge is -2.12. The summed E-state index contributed by atoms with van der Waals surface area (Å²) in [4.78, 5) is 39.6. The van der Waals surface area contributed by atoms with Gasteiger partial charge < -0.3 is 43.7 Å². The standard InChI is InChI=1S/C20H20ClN3O4.2C19H18ClN3O4/c1-12(2)20(26)28-10-4-9-27-18-8-7-16(19(25)13(18)3)23-22-15-6-5-14(21)11-17(15)24(22)23;1-11(2)19(25)27-7-6-26-18-10-17(24)16(8-12(18)3)23-21-14-5-4-13(20)9-15(14)22(21)23;1-11(2)19(25)27-9-8-26-17-7-6-15(18(24)12(17)3)22-21-14-5-4-13(20)10-16(14)23(21)22/h5-8,11,25H,1,4,9-10H2,2-3H3;4-5,8-10,24H,1,6-7H2,2-3H3;4-7,10,24H,1,8-9H2,2-3H3. The summed E-state index contributed by atoms with van der Waals surface area (Å²) in [6.45, 7) is 22.0. The number of halogens is 3. The fourth-order valence-corrected chi connectivity index (χ4v) is 9.36. The number of aromatic hydroxyl groups is 3. The predicted molar refractivity (Wildman–Crippen MR) is 309 cm³/mol. The van der Waals surface area contributed by atoms with Gasteiger partial charge in [0.25, 0.3) is 0 Å². The van der Waals surface area contributed by atoms with Gasteiger partial charge in [-0.3, -0.25) is 0 Å². The molecule has 24 heteroatoms. The molecule has 426 valence electrons. The Kier molecular flexibility index (Phi) is 15.3. The number of ether oxygens (including phenoxy) is 6. The van der Waals surface area contributed by atoms with E-state index < -0.39 is 17.9 Å². The summed E-state index contributed by atoms with van der Waals surface area (Å²) in [5.41, 5.74) is 11.1. The van der Waals surface area contributed by atoms with Gasteiger partial charge in [-0.1, -0.05) is 54.5 Å². The zero-order valence-corrected chi connectivity index (χ0v) is 47.7. The molecule has 3 N–H and O–H groups in total. The van der Waals surface area contributed by atoms with Crippen molar-refractivity contribution >= 4 is 85.8 Å². The quantitative estimate of drug-likeness (QED) is 0.0299. The van der Waals surface area contributed by atoms with Crippen molar-refractivity contribution in [1.82, 2.24) is 42.2 Å². The molecule has 0 aliphatic rings. The molecule has 0 aliphatic carbocycles.